The predicted octanol–water partition coefficient (Wildman–Crippen LogP) is 4.26. The molecule has 0 amide bonds. The van der Waals surface area contributed by atoms with E-state index >= 15 is 0 Å². The molecule has 1 aromatic heterocycles. The zero-order chi connectivity index (χ0) is 21.6. The van der Waals surface area contributed by atoms with Crippen LogP contribution in [0.5, 0.6) is 0 Å². The van der Waals surface area contributed by atoms with Gasteiger partial charge in [-0.2, -0.15) is 0 Å². The number of ketones is 1. The Balaban J connectivity index is 1.63. The number of hydrogen-bond donors (Lipinski definition) is 1. The van der Waals surface area contributed by atoms with Crippen molar-refractivity contribution in [2.24, 2.45) is 10.4 Å². The first-order chi connectivity index (χ1) is 14.4. The van der Waals surface area contributed by atoms with E-state index in [-0.39, 0.29) is 18.3 Å². The SMILES string of the molecule is CCOC(=O)C(C)(CCCCn1cnc2c1NC=NCC2=O)Cc1cccc(Br)c1. The van der Waals surface area contributed by atoms with Crippen LogP contribution in [-0.2, 0) is 22.5 Å². The van der Waals surface area contributed by atoms with Gasteiger partial charge >= 0.3 is 5.97 Å². The standard InChI is InChI=1S/C22H27BrN4O3/c1-3-30-21(29)22(2,12-16-7-6-8-17(23)11-16)9-4-5-10-27-15-26-19-18(28)13-24-14-25-20(19)27/h6-8,11,14-15H,3-5,9-10,12-13H2,1-2H3,(H,24,25). The minimum Gasteiger partial charge on any atom is -0.466 e. The second-order valence-corrected chi connectivity index (χ2v) is 8.63. The van der Waals surface area contributed by atoms with Crippen LogP contribution in [0.15, 0.2) is 40.1 Å². The number of nitrogens with zero attached hydrogens (tertiary/aromatic N) is 3. The number of anilines is 1. The Labute approximate surface area is 185 Å². The number of hydrogen-bond acceptors (Lipinski definition) is 6. The van der Waals surface area contributed by atoms with E-state index in [9.17, 15) is 9.59 Å². The Morgan fingerprint density at radius 1 is 1.37 bits per heavy atom. The fourth-order valence-corrected chi connectivity index (χ4v) is 4.13. The van der Waals surface area contributed by atoms with E-state index in [4.69, 9.17) is 4.74 Å². The van der Waals surface area contributed by atoms with Gasteiger partial charge in [0.25, 0.3) is 0 Å². The number of esters is 1. The second-order valence-electron chi connectivity index (χ2n) is 7.72. The largest absolute Gasteiger partial charge is 0.466 e. The van der Waals surface area contributed by atoms with Crippen molar-refractivity contribution >= 4 is 39.8 Å². The fraction of sp³-hybridized carbons (Fsp3) is 0.455. The highest BCUT2D eigenvalue weighted by Crippen LogP contribution is 2.32. The molecule has 0 bridgehead atoms. The lowest BCUT2D eigenvalue weighted by atomic mass is 9.79. The van der Waals surface area contributed by atoms with Gasteiger partial charge < -0.3 is 14.6 Å². The summed E-state index contributed by atoms with van der Waals surface area (Å²) in [6.07, 6.45) is 6.25. The van der Waals surface area contributed by atoms with E-state index in [0.717, 1.165) is 22.9 Å². The third-order valence-corrected chi connectivity index (χ3v) is 5.75. The molecule has 1 atom stereocenters. The molecule has 8 heteroatoms. The first kappa shape index (κ1) is 22.2. The number of aryl methyl sites for hydroxylation is 1. The average Bonchev–Trinajstić information content (AvgIpc) is 3.02. The number of nitrogens with one attached hydrogen (secondary N) is 1. The van der Waals surface area contributed by atoms with Crippen molar-refractivity contribution in [3.63, 3.8) is 0 Å². The number of fused-ring (bicyclic) bond motifs is 1. The molecular formula is C22H27BrN4O3. The summed E-state index contributed by atoms with van der Waals surface area (Å²) in [4.78, 5) is 33.0. The van der Waals surface area contributed by atoms with Crippen LogP contribution in [0.2, 0.25) is 0 Å². The lowest BCUT2D eigenvalue weighted by Gasteiger charge is -2.27. The number of aliphatic imine (C=N–C) groups is 1. The van der Waals surface area contributed by atoms with Crippen molar-refractivity contribution < 1.29 is 14.3 Å². The summed E-state index contributed by atoms with van der Waals surface area (Å²) in [5.74, 6) is 0.433. The normalized spacial score (nSPS) is 15.1. The maximum atomic E-state index is 12.7. The van der Waals surface area contributed by atoms with E-state index in [1.165, 1.54) is 6.34 Å². The number of ether oxygens (including phenoxy) is 1. The van der Waals surface area contributed by atoms with Crippen LogP contribution in [0.25, 0.3) is 0 Å². The molecule has 2 aromatic rings. The van der Waals surface area contributed by atoms with Crippen LogP contribution < -0.4 is 5.32 Å². The summed E-state index contributed by atoms with van der Waals surface area (Å²) in [5.41, 5.74) is 0.934. The highest BCUT2D eigenvalue weighted by Gasteiger charge is 2.34. The maximum absolute atomic E-state index is 12.7. The van der Waals surface area contributed by atoms with E-state index in [1.807, 2.05) is 42.7 Å². The van der Waals surface area contributed by atoms with Crippen molar-refractivity contribution in [1.29, 1.82) is 0 Å². The van der Waals surface area contributed by atoms with Gasteiger partial charge in [0.1, 0.15) is 12.4 Å². The lowest BCUT2D eigenvalue weighted by Crippen LogP contribution is -2.32. The zero-order valence-corrected chi connectivity index (χ0v) is 18.9. The summed E-state index contributed by atoms with van der Waals surface area (Å²) in [7, 11) is 0. The van der Waals surface area contributed by atoms with Gasteiger partial charge in [0.2, 0.25) is 5.78 Å². The summed E-state index contributed by atoms with van der Waals surface area (Å²) in [5, 5.41) is 3.04. The molecule has 1 N–H and O–H groups in total. The van der Waals surface area contributed by atoms with Crippen LogP contribution in [-0.4, -0.2) is 40.8 Å². The zero-order valence-electron chi connectivity index (χ0n) is 17.4. The summed E-state index contributed by atoms with van der Waals surface area (Å²) < 4.78 is 8.31. The number of unbranched alkanes of at least 4 members (excludes halogenated alkanes) is 1. The van der Waals surface area contributed by atoms with Gasteiger partial charge in [-0.25, -0.2) is 4.98 Å². The van der Waals surface area contributed by atoms with Gasteiger partial charge in [-0.3, -0.25) is 14.6 Å². The van der Waals surface area contributed by atoms with Crippen LogP contribution >= 0.6 is 15.9 Å². The van der Waals surface area contributed by atoms with Gasteiger partial charge in [-0.15, -0.1) is 0 Å². The van der Waals surface area contributed by atoms with Crippen LogP contribution in [0.1, 0.15) is 49.2 Å². The first-order valence-corrected chi connectivity index (χ1v) is 11.0. The first-order valence-electron chi connectivity index (χ1n) is 10.2. The molecule has 0 aliphatic carbocycles. The summed E-state index contributed by atoms with van der Waals surface area (Å²) in [6, 6.07) is 8.03. The smallest absolute Gasteiger partial charge is 0.312 e. The number of Topliss-reactive ketones (excluding diaryl/α,β-unsaturated/α-hetero) is 1. The average molecular weight is 475 g/mol. The van der Waals surface area contributed by atoms with E-state index < -0.39 is 5.41 Å². The molecule has 7 nitrogen and oxygen atoms in total. The molecule has 1 unspecified atom stereocenters. The van der Waals surface area contributed by atoms with Crippen molar-refractivity contribution in [3.8, 4) is 0 Å². The quantitative estimate of drug-likeness (QED) is 0.433. The van der Waals surface area contributed by atoms with Gasteiger partial charge in [0.15, 0.2) is 5.69 Å². The number of rotatable bonds is 9. The molecule has 2 heterocycles. The van der Waals surface area contributed by atoms with E-state index in [2.05, 4.69) is 31.2 Å². The highest BCUT2D eigenvalue weighted by molar-refractivity contribution is 9.10. The lowest BCUT2D eigenvalue weighted by molar-refractivity contribution is -0.155. The van der Waals surface area contributed by atoms with E-state index in [0.29, 0.717) is 37.5 Å². The van der Waals surface area contributed by atoms with Crippen molar-refractivity contribution in [3.05, 3.63) is 46.3 Å². The highest BCUT2D eigenvalue weighted by atomic mass is 79.9. The Morgan fingerprint density at radius 2 is 2.20 bits per heavy atom. The number of benzene rings is 1. The monoisotopic (exact) mass is 474 g/mol. The van der Waals surface area contributed by atoms with Crippen molar-refractivity contribution in [1.82, 2.24) is 9.55 Å². The second kappa shape index (κ2) is 10.0. The Morgan fingerprint density at radius 3 is 2.97 bits per heavy atom. The van der Waals surface area contributed by atoms with Crippen LogP contribution in [0.3, 0.4) is 0 Å². The predicted molar refractivity (Wildman–Crippen MR) is 120 cm³/mol. The topological polar surface area (TPSA) is 85.6 Å². The maximum Gasteiger partial charge on any atom is 0.312 e. The summed E-state index contributed by atoms with van der Waals surface area (Å²) >= 11 is 3.50. The van der Waals surface area contributed by atoms with Crippen LogP contribution in [0, 0.1) is 5.41 Å². The molecule has 1 aromatic carbocycles. The Hall–Kier alpha value is -2.48. The third-order valence-electron chi connectivity index (χ3n) is 5.26. The molecule has 0 fully saturated rings. The Bertz CT molecular complexity index is 940. The minimum atomic E-state index is -0.594. The number of carbonyl (C=O) groups excluding carboxylic acids is 2. The molecule has 3 rings (SSSR count). The van der Waals surface area contributed by atoms with Gasteiger partial charge in [-0.1, -0.05) is 34.5 Å². The molecule has 0 radical (unpaired) electrons. The summed E-state index contributed by atoms with van der Waals surface area (Å²) in [6.45, 7) is 5.00. The molecular weight excluding hydrogens is 448 g/mol. The van der Waals surface area contributed by atoms with Gasteiger partial charge in [0, 0.05) is 11.0 Å². The van der Waals surface area contributed by atoms with E-state index in [1.54, 1.807) is 6.33 Å². The third kappa shape index (κ3) is 5.36. The number of halogens is 1. The molecule has 160 valence electrons. The fourth-order valence-electron chi connectivity index (χ4n) is 3.68. The van der Waals surface area contributed by atoms with Crippen molar-refractivity contribution in [2.75, 3.05) is 18.5 Å². The number of aromatic nitrogens is 2. The molecule has 0 saturated carbocycles. The van der Waals surface area contributed by atoms with Crippen molar-refractivity contribution in [2.45, 2.75) is 46.1 Å². The Kier molecular flexibility index (Phi) is 7.42. The minimum absolute atomic E-state index is 0.0890. The van der Waals surface area contributed by atoms with Gasteiger partial charge in [-0.05, 0) is 50.8 Å². The van der Waals surface area contributed by atoms with Crippen LogP contribution in [0.4, 0.5) is 5.82 Å². The molecule has 0 saturated heterocycles. The molecule has 1 aliphatic heterocycles. The number of carbonyl (C=O) groups is 2. The molecule has 30 heavy (non-hydrogen) atoms. The number of imidazole rings is 1. The van der Waals surface area contributed by atoms with Gasteiger partial charge in [0.05, 0.1) is 24.7 Å². The molecule has 0 spiro atoms. The molecule has 1 aliphatic rings.